The Morgan fingerprint density at radius 2 is 2.04 bits per heavy atom. The molecule has 0 spiro atoms. The molecule has 0 aliphatic carbocycles. The maximum Gasteiger partial charge on any atom is 0.255 e. The van der Waals surface area contributed by atoms with Crippen molar-refractivity contribution in [3.8, 4) is 0 Å². The SMILES string of the molecule is Cc1cc(NC(=O)c2cccc(S(=O)(=O)NC3CCNC3)c2)ccc1F. The minimum absolute atomic E-state index is 0.0346. The average Bonchev–Trinajstić information content (AvgIpc) is 3.10. The van der Waals surface area contributed by atoms with Gasteiger partial charge in [0.1, 0.15) is 5.82 Å². The van der Waals surface area contributed by atoms with Gasteiger partial charge in [-0.1, -0.05) is 6.07 Å². The Balaban J connectivity index is 1.77. The number of carbonyl (C=O) groups is 1. The van der Waals surface area contributed by atoms with Crippen LogP contribution in [0.4, 0.5) is 10.1 Å². The first-order valence-corrected chi connectivity index (χ1v) is 9.74. The van der Waals surface area contributed by atoms with Gasteiger partial charge in [0.05, 0.1) is 4.90 Å². The van der Waals surface area contributed by atoms with Crippen LogP contribution in [0.2, 0.25) is 0 Å². The summed E-state index contributed by atoms with van der Waals surface area (Å²) in [5.41, 5.74) is 1.06. The number of sulfonamides is 1. The molecule has 0 radical (unpaired) electrons. The van der Waals surface area contributed by atoms with Crippen LogP contribution >= 0.6 is 0 Å². The number of hydrogen-bond acceptors (Lipinski definition) is 4. The van der Waals surface area contributed by atoms with E-state index in [1.165, 1.54) is 42.5 Å². The standard InChI is InChI=1S/C18H20FN3O3S/c1-12-9-14(5-6-17(12)19)21-18(23)13-3-2-4-16(10-13)26(24,25)22-15-7-8-20-11-15/h2-6,9-10,15,20,22H,7-8,11H2,1H3,(H,21,23). The van der Waals surface area contributed by atoms with E-state index in [4.69, 9.17) is 0 Å². The Hall–Kier alpha value is -2.29. The Morgan fingerprint density at radius 1 is 1.23 bits per heavy atom. The topological polar surface area (TPSA) is 87.3 Å². The fourth-order valence-electron chi connectivity index (χ4n) is 2.77. The zero-order chi connectivity index (χ0) is 18.7. The lowest BCUT2D eigenvalue weighted by Gasteiger charge is -2.13. The minimum atomic E-state index is -3.70. The van der Waals surface area contributed by atoms with Crippen LogP contribution in [-0.4, -0.2) is 33.5 Å². The molecule has 1 aliphatic heterocycles. The molecular weight excluding hydrogens is 357 g/mol. The molecule has 1 amide bonds. The summed E-state index contributed by atoms with van der Waals surface area (Å²) in [6.45, 7) is 2.96. The third-order valence-corrected chi connectivity index (χ3v) is 5.72. The molecule has 138 valence electrons. The predicted octanol–water partition coefficient (Wildman–Crippen LogP) is 2.03. The second kappa shape index (κ2) is 7.53. The van der Waals surface area contributed by atoms with Gasteiger partial charge in [-0.2, -0.15) is 0 Å². The van der Waals surface area contributed by atoms with Crippen LogP contribution < -0.4 is 15.4 Å². The highest BCUT2D eigenvalue weighted by Crippen LogP contribution is 2.17. The van der Waals surface area contributed by atoms with Crippen LogP contribution in [0, 0.1) is 12.7 Å². The quantitative estimate of drug-likeness (QED) is 0.744. The van der Waals surface area contributed by atoms with Crippen molar-refractivity contribution in [1.29, 1.82) is 0 Å². The lowest BCUT2D eigenvalue weighted by atomic mass is 10.2. The van der Waals surface area contributed by atoms with E-state index in [0.29, 0.717) is 17.8 Å². The first-order chi connectivity index (χ1) is 12.3. The number of rotatable bonds is 5. The first-order valence-electron chi connectivity index (χ1n) is 8.26. The van der Waals surface area contributed by atoms with Crippen molar-refractivity contribution in [3.63, 3.8) is 0 Å². The molecule has 1 atom stereocenters. The molecule has 1 aliphatic rings. The fourth-order valence-corrected chi connectivity index (χ4v) is 4.09. The molecule has 3 rings (SSSR count). The predicted molar refractivity (Wildman–Crippen MR) is 97.1 cm³/mol. The fraction of sp³-hybridized carbons (Fsp3) is 0.278. The Bertz CT molecular complexity index is 925. The van der Waals surface area contributed by atoms with Gasteiger partial charge < -0.3 is 10.6 Å². The van der Waals surface area contributed by atoms with Crippen molar-refractivity contribution in [2.45, 2.75) is 24.3 Å². The van der Waals surface area contributed by atoms with Crippen LogP contribution in [0.1, 0.15) is 22.3 Å². The summed E-state index contributed by atoms with van der Waals surface area (Å²) in [5, 5.41) is 5.74. The van der Waals surface area contributed by atoms with Gasteiger partial charge in [0, 0.05) is 23.8 Å². The maximum absolute atomic E-state index is 13.3. The van der Waals surface area contributed by atoms with E-state index in [0.717, 1.165) is 13.0 Å². The highest BCUT2D eigenvalue weighted by Gasteiger charge is 2.23. The van der Waals surface area contributed by atoms with E-state index in [1.54, 1.807) is 6.92 Å². The second-order valence-electron chi connectivity index (χ2n) is 6.26. The minimum Gasteiger partial charge on any atom is -0.322 e. The Kier molecular flexibility index (Phi) is 5.36. The number of carbonyl (C=O) groups excluding carboxylic acids is 1. The van der Waals surface area contributed by atoms with Crippen LogP contribution in [0.25, 0.3) is 0 Å². The molecule has 2 aromatic carbocycles. The molecule has 6 nitrogen and oxygen atoms in total. The molecule has 1 saturated heterocycles. The van der Waals surface area contributed by atoms with Crippen molar-refractivity contribution in [3.05, 3.63) is 59.4 Å². The van der Waals surface area contributed by atoms with Gasteiger partial charge >= 0.3 is 0 Å². The second-order valence-corrected chi connectivity index (χ2v) is 7.97. The molecule has 0 aromatic heterocycles. The van der Waals surface area contributed by atoms with Crippen LogP contribution in [0.15, 0.2) is 47.4 Å². The molecular formula is C18H20FN3O3S. The van der Waals surface area contributed by atoms with Gasteiger partial charge in [-0.3, -0.25) is 4.79 Å². The lowest BCUT2D eigenvalue weighted by Crippen LogP contribution is -2.36. The van der Waals surface area contributed by atoms with E-state index < -0.39 is 15.9 Å². The number of amides is 1. The summed E-state index contributed by atoms with van der Waals surface area (Å²) in [6, 6.07) is 9.91. The monoisotopic (exact) mass is 377 g/mol. The van der Waals surface area contributed by atoms with Gasteiger partial charge in [-0.25, -0.2) is 17.5 Å². The zero-order valence-electron chi connectivity index (χ0n) is 14.3. The zero-order valence-corrected chi connectivity index (χ0v) is 15.1. The Labute approximate surface area is 151 Å². The average molecular weight is 377 g/mol. The molecule has 1 fully saturated rings. The molecule has 0 saturated carbocycles. The van der Waals surface area contributed by atoms with Gasteiger partial charge in [-0.15, -0.1) is 0 Å². The molecule has 8 heteroatoms. The number of nitrogens with one attached hydrogen (secondary N) is 3. The lowest BCUT2D eigenvalue weighted by molar-refractivity contribution is 0.102. The first kappa shape index (κ1) is 18.5. The number of benzene rings is 2. The normalized spacial score (nSPS) is 17.2. The van der Waals surface area contributed by atoms with Crippen molar-refractivity contribution < 1.29 is 17.6 Å². The van der Waals surface area contributed by atoms with Crippen molar-refractivity contribution >= 4 is 21.6 Å². The number of halogens is 1. The van der Waals surface area contributed by atoms with Crippen LogP contribution in [0.3, 0.4) is 0 Å². The molecule has 0 bridgehead atoms. The van der Waals surface area contributed by atoms with E-state index in [9.17, 15) is 17.6 Å². The third kappa shape index (κ3) is 4.27. The van der Waals surface area contributed by atoms with E-state index in [-0.39, 0.29) is 22.3 Å². The number of aryl methyl sites for hydroxylation is 1. The van der Waals surface area contributed by atoms with Gasteiger partial charge in [0.15, 0.2) is 0 Å². The summed E-state index contributed by atoms with van der Waals surface area (Å²) in [4.78, 5) is 12.4. The summed E-state index contributed by atoms with van der Waals surface area (Å²) >= 11 is 0. The highest BCUT2D eigenvalue weighted by molar-refractivity contribution is 7.89. The smallest absolute Gasteiger partial charge is 0.255 e. The molecule has 2 aromatic rings. The summed E-state index contributed by atoms with van der Waals surface area (Å²) in [6.07, 6.45) is 0.726. The van der Waals surface area contributed by atoms with E-state index in [1.807, 2.05) is 0 Å². The van der Waals surface area contributed by atoms with Crippen molar-refractivity contribution in [1.82, 2.24) is 10.0 Å². The third-order valence-electron chi connectivity index (χ3n) is 4.20. The van der Waals surface area contributed by atoms with Crippen LogP contribution in [-0.2, 0) is 10.0 Å². The highest BCUT2D eigenvalue weighted by atomic mass is 32.2. The largest absolute Gasteiger partial charge is 0.322 e. The summed E-state index contributed by atoms with van der Waals surface area (Å²) in [5.74, 6) is -0.820. The van der Waals surface area contributed by atoms with Crippen LogP contribution in [0.5, 0.6) is 0 Å². The van der Waals surface area contributed by atoms with E-state index >= 15 is 0 Å². The van der Waals surface area contributed by atoms with Gasteiger partial charge in [-0.05, 0) is 61.9 Å². The van der Waals surface area contributed by atoms with Gasteiger partial charge in [0.25, 0.3) is 5.91 Å². The number of anilines is 1. The molecule has 26 heavy (non-hydrogen) atoms. The van der Waals surface area contributed by atoms with Crippen molar-refractivity contribution in [2.75, 3.05) is 18.4 Å². The van der Waals surface area contributed by atoms with E-state index in [2.05, 4.69) is 15.4 Å². The summed E-state index contributed by atoms with van der Waals surface area (Å²) in [7, 11) is -3.70. The van der Waals surface area contributed by atoms with Gasteiger partial charge in [0.2, 0.25) is 10.0 Å². The summed E-state index contributed by atoms with van der Waals surface area (Å²) < 4.78 is 40.9. The number of hydrogen-bond donors (Lipinski definition) is 3. The molecule has 3 N–H and O–H groups in total. The maximum atomic E-state index is 13.3. The molecule has 1 heterocycles. The molecule has 1 unspecified atom stereocenters. The van der Waals surface area contributed by atoms with Crippen molar-refractivity contribution in [2.24, 2.45) is 0 Å². The Morgan fingerprint density at radius 3 is 2.73 bits per heavy atom.